The summed E-state index contributed by atoms with van der Waals surface area (Å²) in [6.07, 6.45) is 0.724. The quantitative estimate of drug-likeness (QED) is 0.584. The van der Waals surface area contributed by atoms with Crippen LogP contribution in [0.25, 0.3) is 0 Å². The summed E-state index contributed by atoms with van der Waals surface area (Å²) in [7, 11) is 0. The Bertz CT molecular complexity index is 336. The predicted octanol–water partition coefficient (Wildman–Crippen LogP) is 2.09. The van der Waals surface area contributed by atoms with E-state index in [1.54, 1.807) is 6.07 Å². The molecule has 1 aromatic rings. The molecule has 0 fully saturated rings. The number of fused-ring (bicyclic) bond motifs is 1. The molecule has 0 bridgehead atoms. The van der Waals surface area contributed by atoms with Crippen molar-refractivity contribution < 1.29 is 9.13 Å². The van der Waals surface area contributed by atoms with Crippen LogP contribution in [-0.4, -0.2) is 13.3 Å². The minimum Gasteiger partial charge on any atom is -0.490 e. The first-order chi connectivity index (χ1) is 5.83. The van der Waals surface area contributed by atoms with Crippen LogP contribution in [0.1, 0.15) is 5.56 Å². The van der Waals surface area contributed by atoms with E-state index in [4.69, 9.17) is 4.74 Å². The number of nitrogens with zero attached hydrogens (tertiary/aromatic N) is 1. The highest BCUT2D eigenvalue weighted by Gasteiger charge is 2.19. The van der Waals surface area contributed by atoms with Gasteiger partial charge in [-0.1, -0.05) is 0 Å². The van der Waals surface area contributed by atoms with Crippen molar-refractivity contribution in [3.8, 4) is 5.75 Å². The topological polar surface area (TPSA) is 21.6 Å². The average Bonchev–Trinajstić information content (AvgIpc) is 2.54. The first kappa shape index (κ1) is 7.28. The van der Waals surface area contributed by atoms with Crippen LogP contribution < -0.4 is 4.74 Å². The molecule has 0 spiro atoms. The van der Waals surface area contributed by atoms with Crippen molar-refractivity contribution in [2.75, 3.05) is 6.61 Å². The van der Waals surface area contributed by atoms with Crippen molar-refractivity contribution in [1.82, 2.24) is 0 Å². The highest BCUT2D eigenvalue weighted by Crippen LogP contribution is 2.35. The van der Waals surface area contributed by atoms with Gasteiger partial charge in [-0.05, 0) is 18.9 Å². The van der Waals surface area contributed by atoms with E-state index in [1.807, 2.05) is 0 Å². The summed E-state index contributed by atoms with van der Waals surface area (Å²) in [6.45, 7) is 3.95. The Morgan fingerprint density at radius 2 is 2.33 bits per heavy atom. The van der Waals surface area contributed by atoms with Gasteiger partial charge >= 0.3 is 0 Å². The second-order valence-electron chi connectivity index (χ2n) is 2.63. The highest BCUT2D eigenvalue weighted by molar-refractivity contribution is 5.58. The summed E-state index contributed by atoms with van der Waals surface area (Å²) >= 11 is 0. The standard InChI is InChI=1S/C9H8FNO/c1-11-8-3-2-7(10)9-6(8)4-5-12-9/h2-3H,1,4-5H2. The second kappa shape index (κ2) is 2.59. The SMILES string of the molecule is C=Nc1ccc(F)c2c1CCO2. The predicted molar refractivity (Wildman–Crippen MR) is 44.8 cm³/mol. The molecule has 2 rings (SSSR count). The van der Waals surface area contributed by atoms with Crippen LogP contribution in [0.2, 0.25) is 0 Å². The van der Waals surface area contributed by atoms with Gasteiger partial charge in [-0.15, -0.1) is 0 Å². The highest BCUT2D eigenvalue weighted by atomic mass is 19.1. The van der Waals surface area contributed by atoms with E-state index >= 15 is 0 Å². The first-order valence-electron chi connectivity index (χ1n) is 3.74. The van der Waals surface area contributed by atoms with E-state index < -0.39 is 0 Å². The summed E-state index contributed by atoms with van der Waals surface area (Å²) in [5, 5.41) is 0. The molecule has 0 aliphatic carbocycles. The molecule has 0 atom stereocenters. The van der Waals surface area contributed by atoms with Crippen molar-refractivity contribution in [3.05, 3.63) is 23.5 Å². The number of hydrogen-bond donors (Lipinski definition) is 0. The van der Waals surface area contributed by atoms with Gasteiger partial charge < -0.3 is 4.74 Å². The van der Waals surface area contributed by atoms with E-state index in [9.17, 15) is 4.39 Å². The van der Waals surface area contributed by atoms with Gasteiger partial charge in [0.1, 0.15) is 0 Å². The number of rotatable bonds is 1. The van der Waals surface area contributed by atoms with Gasteiger partial charge in [0.25, 0.3) is 0 Å². The Labute approximate surface area is 69.7 Å². The summed E-state index contributed by atoms with van der Waals surface area (Å²) in [6, 6.07) is 2.98. The molecule has 0 N–H and O–H groups in total. The summed E-state index contributed by atoms with van der Waals surface area (Å²) in [5.74, 6) is 0.0369. The normalized spacial score (nSPS) is 13.8. The molecular weight excluding hydrogens is 157 g/mol. The van der Waals surface area contributed by atoms with Gasteiger partial charge in [0, 0.05) is 12.0 Å². The van der Waals surface area contributed by atoms with Crippen LogP contribution in [-0.2, 0) is 6.42 Å². The fourth-order valence-corrected chi connectivity index (χ4v) is 1.39. The lowest BCUT2D eigenvalue weighted by molar-refractivity contribution is 0.339. The Morgan fingerprint density at radius 1 is 1.50 bits per heavy atom. The number of benzene rings is 1. The Balaban J connectivity index is 2.64. The molecule has 1 aliphatic rings. The van der Waals surface area contributed by atoms with Crippen LogP contribution in [0.3, 0.4) is 0 Å². The van der Waals surface area contributed by atoms with E-state index in [0.717, 1.165) is 17.7 Å². The van der Waals surface area contributed by atoms with Gasteiger partial charge in [0.2, 0.25) is 0 Å². The van der Waals surface area contributed by atoms with Gasteiger partial charge in [-0.3, -0.25) is 4.99 Å². The van der Waals surface area contributed by atoms with Gasteiger partial charge in [0.15, 0.2) is 11.6 Å². The third-order valence-electron chi connectivity index (χ3n) is 1.96. The number of hydrogen-bond acceptors (Lipinski definition) is 2. The lowest BCUT2D eigenvalue weighted by Crippen LogP contribution is -1.87. The Morgan fingerprint density at radius 3 is 3.08 bits per heavy atom. The molecule has 0 saturated heterocycles. The van der Waals surface area contributed by atoms with Crippen LogP contribution >= 0.6 is 0 Å². The molecule has 62 valence electrons. The van der Waals surface area contributed by atoms with Crippen LogP contribution in [0.15, 0.2) is 17.1 Å². The molecule has 0 amide bonds. The van der Waals surface area contributed by atoms with E-state index in [1.165, 1.54) is 6.07 Å². The van der Waals surface area contributed by atoms with Gasteiger partial charge in [-0.25, -0.2) is 4.39 Å². The maximum Gasteiger partial charge on any atom is 0.165 e. The molecular formula is C9H8FNO. The average molecular weight is 165 g/mol. The van der Waals surface area contributed by atoms with Crippen LogP contribution in [0, 0.1) is 5.82 Å². The number of aliphatic imine (C=N–C) groups is 1. The van der Waals surface area contributed by atoms with Crippen molar-refractivity contribution in [1.29, 1.82) is 0 Å². The van der Waals surface area contributed by atoms with E-state index in [2.05, 4.69) is 11.7 Å². The van der Waals surface area contributed by atoms with E-state index in [0.29, 0.717) is 12.4 Å². The largest absolute Gasteiger partial charge is 0.490 e. The molecule has 0 aromatic heterocycles. The third-order valence-corrected chi connectivity index (χ3v) is 1.96. The van der Waals surface area contributed by atoms with E-state index in [-0.39, 0.29) is 5.82 Å². The van der Waals surface area contributed by atoms with Crippen molar-refractivity contribution in [2.24, 2.45) is 4.99 Å². The van der Waals surface area contributed by atoms with Crippen molar-refractivity contribution in [2.45, 2.75) is 6.42 Å². The molecule has 3 heteroatoms. The maximum absolute atomic E-state index is 13.0. The fraction of sp³-hybridized carbons (Fsp3) is 0.222. The molecule has 1 aliphatic heterocycles. The zero-order chi connectivity index (χ0) is 8.55. The van der Waals surface area contributed by atoms with Gasteiger partial charge in [0.05, 0.1) is 12.3 Å². The molecule has 0 saturated carbocycles. The summed E-state index contributed by atoms with van der Waals surface area (Å²) < 4.78 is 18.1. The smallest absolute Gasteiger partial charge is 0.165 e. The minimum atomic E-state index is -0.310. The molecule has 2 nitrogen and oxygen atoms in total. The zero-order valence-electron chi connectivity index (χ0n) is 6.51. The van der Waals surface area contributed by atoms with Gasteiger partial charge in [-0.2, -0.15) is 0 Å². The molecule has 0 unspecified atom stereocenters. The van der Waals surface area contributed by atoms with Crippen LogP contribution in [0.4, 0.5) is 10.1 Å². The first-order valence-corrected chi connectivity index (χ1v) is 3.74. The van der Waals surface area contributed by atoms with Crippen molar-refractivity contribution >= 4 is 12.4 Å². The monoisotopic (exact) mass is 165 g/mol. The minimum absolute atomic E-state index is 0.310. The molecule has 1 aromatic carbocycles. The lowest BCUT2D eigenvalue weighted by atomic mass is 10.1. The number of ether oxygens (including phenoxy) is 1. The molecule has 0 radical (unpaired) electrons. The van der Waals surface area contributed by atoms with Crippen molar-refractivity contribution in [3.63, 3.8) is 0 Å². The Kier molecular flexibility index (Phi) is 1.57. The summed E-state index contributed by atoms with van der Waals surface area (Å²) in [5.41, 5.74) is 1.56. The summed E-state index contributed by atoms with van der Waals surface area (Å²) in [4.78, 5) is 3.79. The second-order valence-corrected chi connectivity index (χ2v) is 2.63. The van der Waals surface area contributed by atoms with Crippen LogP contribution in [0.5, 0.6) is 5.75 Å². The third kappa shape index (κ3) is 0.897. The molecule has 1 heterocycles. The fourth-order valence-electron chi connectivity index (χ4n) is 1.39. The lowest BCUT2D eigenvalue weighted by Gasteiger charge is -2.02. The zero-order valence-corrected chi connectivity index (χ0v) is 6.51. The molecule has 12 heavy (non-hydrogen) atoms. The maximum atomic E-state index is 13.0. The Hall–Kier alpha value is -1.38. The number of halogens is 1.